The summed E-state index contributed by atoms with van der Waals surface area (Å²) in [6.07, 6.45) is 6.24. The largest absolute Gasteiger partial charge is 0.491 e. The molecule has 0 amide bonds. The van der Waals surface area contributed by atoms with Gasteiger partial charge in [0, 0.05) is 11.8 Å². The van der Waals surface area contributed by atoms with Crippen LogP contribution in [0.1, 0.15) is 59.8 Å². The summed E-state index contributed by atoms with van der Waals surface area (Å²) in [5.41, 5.74) is 1.90. The molecule has 80 valence electrons. The van der Waals surface area contributed by atoms with E-state index in [4.69, 9.17) is 4.74 Å². The lowest BCUT2D eigenvalue weighted by molar-refractivity contribution is -0.0375. The molecule has 0 aromatic carbocycles. The summed E-state index contributed by atoms with van der Waals surface area (Å²) >= 11 is 0. The van der Waals surface area contributed by atoms with Crippen molar-refractivity contribution in [2.75, 3.05) is 0 Å². The zero-order valence-corrected chi connectivity index (χ0v) is 9.94. The number of ether oxygens (including phenoxy) is 1. The Bertz CT molecular complexity index is 267. The summed E-state index contributed by atoms with van der Waals surface area (Å²) in [6.45, 7) is 9.17. The van der Waals surface area contributed by atoms with Crippen molar-refractivity contribution in [3.63, 3.8) is 0 Å². The third-order valence-electron chi connectivity index (χ3n) is 4.55. The van der Waals surface area contributed by atoms with Gasteiger partial charge in [0.1, 0.15) is 5.60 Å². The highest BCUT2D eigenvalue weighted by Gasteiger charge is 2.54. The highest BCUT2D eigenvalue weighted by molar-refractivity contribution is 5.27. The maximum atomic E-state index is 6.27. The van der Waals surface area contributed by atoms with Gasteiger partial charge in [-0.25, -0.2) is 0 Å². The number of allylic oxidation sites excluding steroid dienone is 1. The van der Waals surface area contributed by atoms with Crippen LogP contribution < -0.4 is 0 Å². The van der Waals surface area contributed by atoms with Gasteiger partial charge in [0.05, 0.1) is 5.76 Å². The molecule has 0 N–H and O–H groups in total. The van der Waals surface area contributed by atoms with Gasteiger partial charge in [0.25, 0.3) is 0 Å². The molecule has 1 nitrogen and oxygen atoms in total. The van der Waals surface area contributed by atoms with Gasteiger partial charge < -0.3 is 4.74 Å². The third kappa shape index (κ3) is 1.07. The molecule has 1 heterocycles. The fourth-order valence-electron chi connectivity index (χ4n) is 3.14. The van der Waals surface area contributed by atoms with E-state index in [0.717, 1.165) is 6.42 Å². The van der Waals surface area contributed by atoms with Crippen LogP contribution in [0.25, 0.3) is 0 Å². The molecule has 0 saturated heterocycles. The number of hydrogen-bond donors (Lipinski definition) is 0. The lowest BCUT2D eigenvalue weighted by atomic mass is 9.70. The van der Waals surface area contributed by atoms with Crippen LogP contribution >= 0.6 is 0 Å². The van der Waals surface area contributed by atoms with Crippen LogP contribution in [0.15, 0.2) is 11.3 Å². The van der Waals surface area contributed by atoms with Gasteiger partial charge in [-0.2, -0.15) is 0 Å². The Hall–Kier alpha value is -0.460. The van der Waals surface area contributed by atoms with Crippen LogP contribution in [0.2, 0.25) is 0 Å². The molecule has 1 saturated carbocycles. The lowest BCUT2D eigenvalue weighted by Gasteiger charge is -2.38. The molecule has 1 fully saturated rings. The van der Waals surface area contributed by atoms with Crippen molar-refractivity contribution in [2.24, 2.45) is 5.41 Å². The Morgan fingerprint density at radius 2 is 1.79 bits per heavy atom. The van der Waals surface area contributed by atoms with Crippen molar-refractivity contribution in [1.82, 2.24) is 0 Å². The minimum Gasteiger partial charge on any atom is -0.491 e. The molecule has 0 atom stereocenters. The summed E-state index contributed by atoms with van der Waals surface area (Å²) in [4.78, 5) is 0. The van der Waals surface area contributed by atoms with Crippen molar-refractivity contribution in [2.45, 2.75) is 65.4 Å². The molecule has 0 unspecified atom stereocenters. The van der Waals surface area contributed by atoms with E-state index in [0.29, 0.717) is 0 Å². The maximum Gasteiger partial charge on any atom is 0.117 e. The van der Waals surface area contributed by atoms with Gasteiger partial charge in [-0.3, -0.25) is 0 Å². The van der Waals surface area contributed by atoms with Crippen LogP contribution in [0.5, 0.6) is 0 Å². The number of rotatable bonds is 1. The molecule has 2 rings (SSSR count). The first-order valence-corrected chi connectivity index (χ1v) is 5.93. The van der Waals surface area contributed by atoms with Crippen molar-refractivity contribution in [3.05, 3.63) is 11.3 Å². The second kappa shape index (κ2) is 3.01. The zero-order valence-electron chi connectivity index (χ0n) is 9.94. The van der Waals surface area contributed by atoms with Crippen molar-refractivity contribution in [1.29, 1.82) is 0 Å². The molecule has 0 bridgehead atoms. The fourth-order valence-corrected chi connectivity index (χ4v) is 3.14. The monoisotopic (exact) mass is 194 g/mol. The van der Waals surface area contributed by atoms with Crippen molar-refractivity contribution in [3.8, 4) is 0 Å². The summed E-state index contributed by atoms with van der Waals surface area (Å²) < 4.78 is 6.27. The van der Waals surface area contributed by atoms with Gasteiger partial charge >= 0.3 is 0 Å². The quantitative estimate of drug-likeness (QED) is 0.612. The van der Waals surface area contributed by atoms with E-state index in [1.54, 1.807) is 0 Å². The van der Waals surface area contributed by atoms with E-state index in [1.165, 1.54) is 37.0 Å². The molecule has 0 aromatic rings. The minimum atomic E-state index is 0.155. The van der Waals surface area contributed by atoms with Crippen LogP contribution in [-0.2, 0) is 4.74 Å². The summed E-state index contributed by atoms with van der Waals surface area (Å²) in [7, 11) is 0. The lowest BCUT2D eigenvalue weighted by Crippen LogP contribution is -2.40. The summed E-state index contributed by atoms with van der Waals surface area (Å²) in [5.74, 6) is 1.26. The Balaban J connectivity index is 2.35. The van der Waals surface area contributed by atoms with Crippen molar-refractivity contribution < 1.29 is 4.74 Å². The van der Waals surface area contributed by atoms with Crippen LogP contribution in [0.3, 0.4) is 0 Å². The standard InChI is InChI=1S/C13H22O/c1-5-11-10(2)12(3,4)13(14-11)8-6-7-9-13/h5-9H2,1-4H3. The highest BCUT2D eigenvalue weighted by Crippen LogP contribution is 2.56. The average molecular weight is 194 g/mol. The van der Waals surface area contributed by atoms with E-state index < -0.39 is 0 Å². The van der Waals surface area contributed by atoms with Crippen LogP contribution in [0.4, 0.5) is 0 Å². The molecule has 14 heavy (non-hydrogen) atoms. The molecule has 0 aromatic heterocycles. The van der Waals surface area contributed by atoms with Crippen LogP contribution in [0, 0.1) is 5.41 Å². The molecule has 0 radical (unpaired) electrons. The smallest absolute Gasteiger partial charge is 0.117 e. The Morgan fingerprint density at radius 1 is 1.21 bits per heavy atom. The molecule has 2 aliphatic rings. The Labute approximate surface area is 87.5 Å². The van der Waals surface area contributed by atoms with E-state index in [1.807, 2.05) is 0 Å². The van der Waals surface area contributed by atoms with Crippen molar-refractivity contribution >= 4 is 0 Å². The zero-order chi connectivity index (χ0) is 10.4. The first kappa shape index (κ1) is 10.1. The summed E-state index contributed by atoms with van der Waals surface area (Å²) in [5, 5.41) is 0. The first-order chi connectivity index (χ1) is 6.53. The number of hydrogen-bond acceptors (Lipinski definition) is 1. The molecular weight excluding hydrogens is 172 g/mol. The molecule has 1 heteroatoms. The third-order valence-corrected chi connectivity index (χ3v) is 4.55. The SMILES string of the molecule is CCC1=C(C)C(C)(C)C2(CCCC2)O1. The minimum absolute atomic E-state index is 0.155. The molecule has 1 aliphatic heterocycles. The average Bonchev–Trinajstić information content (AvgIpc) is 2.68. The van der Waals surface area contributed by atoms with Gasteiger partial charge in [0.15, 0.2) is 0 Å². The Kier molecular flexibility index (Phi) is 2.17. The molecule has 1 spiro atoms. The summed E-state index contributed by atoms with van der Waals surface area (Å²) in [6, 6.07) is 0. The highest BCUT2D eigenvalue weighted by atomic mass is 16.5. The second-order valence-electron chi connectivity index (χ2n) is 5.33. The van der Waals surface area contributed by atoms with Crippen LogP contribution in [-0.4, -0.2) is 5.60 Å². The molecule has 1 aliphatic carbocycles. The maximum absolute atomic E-state index is 6.27. The van der Waals surface area contributed by atoms with E-state index in [-0.39, 0.29) is 11.0 Å². The van der Waals surface area contributed by atoms with Gasteiger partial charge in [-0.1, -0.05) is 20.8 Å². The normalized spacial score (nSPS) is 28.6. The Morgan fingerprint density at radius 3 is 2.21 bits per heavy atom. The van der Waals surface area contributed by atoms with E-state index >= 15 is 0 Å². The predicted molar refractivity (Wildman–Crippen MR) is 59.1 cm³/mol. The predicted octanol–water partition coefficient (Wildman–Crippen LogP) is 4.04. The van der Waals surface area contributed by atoms with E-state index in [9.17, 15) is 0 Å². The fraction of sp³-hybridized carbons (Fsp3) is 0.846. The topological polar surface area (TPSA) is 9.23 Å². The first-order valence-electron chi connectivity index (χ1n) is 5.93. The molecular formula is C13H22O. The van der Waals surface area contributed by atoms with Gasteiger partial charge in [0.2, 0.25) is 0 Å². The van der Waals surface area contributed by atoms with Gasteiger partial charge in [-0.05, 0) is 38.2 Å². The van der Waals surface area contributed by atoms with Gasteiger partial charge in [-0.15, -0.1) is 0 Å². The van der Waals surface area contributed by atoms with E-state index in [2.05, 4.69) is 27.7 Å². The second-order valence-corrected chi connectivity index (χ2v) is 5.33.